The molecule has 1 fully saturated rings. The fourth-order valence-electron chi connectivity index (χ4n) is 4.62. The highest BCUT2D eigenvalue weighted by Crippen LogP contribution is 2.13. The van der Waals surface area contributed by atoms with Crippen LogP contribution in [0.5, 0.6) is 0 Å². The number of nitrogens with zero attached hydrogens (tertiary/aromatic N) is 5. The van der Waals surface area contributed by atoms with Crippen LogP contribution in [-0.2, 0) is 20.6 Å². The van der Waals surface area contributed by atoms with Crippen molar-refractivity contribution in [1.82, 2.24) is 23.6 Å². The molecule has 30 heavy (non-hydrogen) atoms. The van der Waals surface area contributed by atoms with E-state index >= 15 is 0 Å². The molecule has 0 saturated carbocycles. The highest BCUT2D eigenvalue weighted by atomic mass is 16.2. The summed E-state index contributed by atoms with van der Waals surface area (Å²) in [6.45, 7) is 4.41. The number of piperidine rings is 1. The number of aryl methyl sites for hydroxylation is 2. The molecule has 0 unspecified atom stereocenters. The summed E-state index contributed by atoms with van der Waals surface area (Å²) in [7, 11) is 3.47. The van der Waals surface area contributed by atoms with Gasteiger partial charge in [-0.25, -0.2) is 9.78 Å². The predicted octanol–water partition coefficient (Wildman–Crippen LogP) is 3.43. The zero-order chi connectivity index (χ0) is 21.3. The minimum Gasteiger partial charge on any atom is -0.328 e. The lowest BCUT2D eigenvalue weighted by atomic mass is 10.1. The van der Waals surface area contributed by atoms with Crippen molar-refractivity contribution in [2.75, 3.05) is 19.6 Å². The number of fused-ring (bicyclic) bond motifs is 1. The Labute approximate surface area is 179 Å². The third-order valence-electron chi connectivity index (χ3n) is 6.51. The molecule has 2 aromatic rings. The van der Waals surface area contributed by atoms with Gasteiger partial charge >= 0.3 is 5.69 Å². The monoisotopic (exact) mass is 417 g/mol. The molecular formula is C23H39N5O2. The second kappa shape index (κ2) is 11.5. The maximum atomic E-state index is 12.7. The van der Waals surface area contributed by atoms with Crippen LogP contribution in [0.25, 0.3) is 11.2 Å². The quantitative estimate of drug-likeness (QED) is 0.496. The van der Waals surface area contributed by atoms with Crippen LogP contribution in [-0.4, -0.2) is 43.2 Å². The van der Waals surface area contributed by atoms with Gasteiger partial charge in [0.05, 0.1) is 6.33 Å². The van der Waals surface area contributed by atoms with Gasteiger partial charge in [0.15, 0.2) is 11.2 Å². The molecule has 3 heterocycles. The first-order valence-corrected chi connectivity index (χ1v) is 11.9. The molecule has 3 rings (SSSR count). The maximum Gasteiger partial charge on any atom is 0.332 e. The zero-order valence-electron chi connectivity index (χ0n) is 18.9. The van der Waals surface area contributed by atoms with Gasteiger partial charge in [0.2, 0.25) is 0 Å². The van der Waals surface area contributed by atoms with Crippen molar-refractivity contribution in [3.63, 3.8) is 0 Å². The van der Waals surface area contributed by atoms with Gasteiger partial charge in [-0.05, 0) is 45.3 Å². The fraction of sp³-hybridized carbons (Fsp3) is 0.783. The van der Waals surface area contributed by atoms with Crippen LogP contribution in [0.2, 0.25) is 0 Å². The van der Waals surface area contributed by atoms with Crippen molar-refractivity contribution >= 4 is 11.2 Å². The Balaban J connectivity index is 1.27. The molecule has 0 aliphatic carbocycles. The van der Waals surface area contributed by atoms with E-state index in [1.807, 2.05) is 0 Å². The van der Waals surface area contributed by atoms with E-state index in [1.54, 1.807) is 25.0 Å². The summed E-state index contributed by atoms with van der Waals surface area (Å²) in [6.07, 6.45) is 16.8. The maximum absolute atomic E-state index is 12.7. The molecule has 0 N–H and O–H groups in total. The molecule has 0 bridgehead atoms. The lowest BCUT2D eigenvalue weighted by Gasteiger charge is -2.26. The summed E-state index contributed by atoms with van der Waals surface area (Å²) < 4.78 is 4.54. The molecular weight excluding hydrogens is 378 g/mol. The zero-order valence-corrected chi connectivity index (χ0v) is 18.9. The topological polar surface area (TPSA) is 65.1 Å². The van der Waals surface area contributed by atoms with Gasteiger partial charge in [-0.15, -0.1) is 0 Å². The minimum absolute atomic E-state index is 0.224. The van der Waals surface area contributed by atoms with Crippen molar-refractivity contribution < 1.29 is 0 Å². The summed E-state index contributed by atoms with van der Waals surface area (Å²) >= 11 is 0. The van der Waals surface area contributed by atoms with Crippen molar-refractivity contribution in [3.05, 3.63) is 27.2 Å². The van der Waals surface area contributed by atoms with Crippen LogP contribution in [0.15, 0.2) is 15.9 Å². The molecule has 2 aromatic heterocycles. The second-order valence-corrected chi connectivity index (χ2v) is 8.91. The van der Waals surface area contributed by atoms with Gasteiger partial charge in [0, 0.05) is 20.6 Å². The van der Waals surface area contributed by atoms with E-state index in [2.05, 4.69) is 9.88 Å². The average Bonchev–Trinajstić information content (AvgIpc) is 3.15. The molecule has 7 nitrogen and oxygen atoms in total. The first-order valence-electron chi connectivity index (χ1n) is 11.9. The van der Waals surface area contributed by atoms with E-state index in [0.29, 0.717) is 17.7 Å². The van der Waals surface area contributed by atoms with Crippen LogP contribution >= 0.6 is 0 Å². The van der Waals surface area contributed by atoms with E-state index in [0.717, 1.165) is 12.8 Å². The Morgan fingerprint density at radius 1 is 0.800 bits per heavy atom. The highest BCUT2D eigenvalue weighted by Gasteiger charge is 2.14. The number of aromatic nitrogens is 4. The number of hydrogen-bond donors (Lipinski definition) is 0. The Bertz CT molecular complexity index is 905. The van der Waals surface area contributed by atoms with Gasteiger partial charge in [-0.3, -0.25) is 13.9 Å². The standard InChI is InChI=1S/C23H39N5O2/c1-25-19-24-21-20(25)22(29)28(23(30)26(21)2)18-14-9-7-5-3-4-6-8-11-15-27-16-12-10-13-17-27/h19H,3-18H2,1-2H3. The van der Waals surface area contributed by atoms with E-state index in [4.69, 9.17) is 0 Å². The summed E-state index contributed by atoms with van der Waals surface area (Å²) in [5.74, 6) is 0. The van der Waals surface area contributed by atoms with Crippen molar-refractivity contribution in [2.45, 2.75) is 83.6 Å². The number of hydrogen-bond acceptors (Lipinski definition) is 4. The van der Waals surface area contributed by atoms with Gasteiger partial charge in [-0.2, -0.15) is 0 Å². The van der Waals surface area contributed by atoms with E-state index < -0.39 is 0 Å². The molecule has 0 atom stereocenters. The van der Waals surface area contributed by atoms with Crippen molar-refractivity contribution in [1.29, 1.82) is 0 Å². The van der Waals surface area contributed by atoms with E-state index in [-0.39, 0.29) is 11.2 Å². The first kappa shape index (κ1) is 22.8. The molecule has 0 spiro atoms. The smallest absolute Gasteiger partial charge is 0.328 e. The Morgan fingerprint density at radius 3 is 2.00 bits per heavy atom. The molecule has 168 valence electrons. The highest BCUT2D eigenvalue weighted by molar-refractivity contribution is 5.69. The Morgan fingerprint density at radius 2 is 1.37 bits per heavy atom. The summed E-state index contributed by atoms with van der Waals surface area (Å²) in [5.41, 5.74) is 0.463. The largest absolute Gasteiger partial charge is 0.332 e. The minimum atomic E-state index is -0.268. The normalized spacial score (nSPS) is 15.3. The lowest BCUT2D eigenvalue weighted by molar-refractivity contribution is 0.224. The van der Waals surface area contributed by atoms with Gasteiger partial charge in [0.25, 0.3) is 5.56 Å². The molecule has 1 aliphatic rings. The fourth-order valence-corrected chi connectivity index (χ4v) is 4.62. The predicted molar refractivity (Wildman–Crippen MR) is 122 cm³/mol. The van der Waals surface area contributed by atoms with E-state index in [1.165, 1.54) is 93.0 Å². The Kier molecular flexibility index (Phi) is 8.73. The molecule has 7 heteroatoms. The number of likely N-dealkylation sites (tertiary alicyclic amines) is 1. The molecule has 1 aliphatic heterocycles. The van der Waals surface area contributed by atoms with E-state index in [9.17, 15) is 9.59 Å². The van der Waals surface area contributed by atoms with Gasteiger partial charge < -0.3 is 9.47 Å². The summed E-state index contributed by atoms with van der Waals surface area (Å²) in [5, 5.41) is 0. The SMILES string of the molecule is Cn1cnc2c1c(=O)n(CCCCCCCCCCCN1CCCCC1)c(=O)n2C. The van der Waals surface area contributed by atoms with Crippen LogP contribution < -0.4 is 11.2 Å². The van der Waals surface area contributed by atoms with Gasteiger partial charge in [-0.1, -0.05) is 51.4 Å². The third-order valence-corrected chi connectivity index (χ3v) is 6.51. The average molecular weight is 418 g/mol. The van der Waals surface area contributed by atoms with Crippen LogP contribution in [0.4, 0.5) is 0 Å². The molecule has 0 aromatic carbocycles. The van der Waals surface area contributed by atoms with Crippen LogP contribution in [0.1, 0.15) is 77.0 Å². The first-order chi connectivity index (χ1) is 14.6. The summed E-state index contributed by atoms with van der Waals surface area (Å²) in [4.78, 5) is 31.9. The molecule has 0 radical (unpaired) electrons. The van der Waals surface area contributed by atoms with Crippen molar-refractivity contribution in [2.24, 2.45) is 14.1 Å². The van der Waals surface area contributed by atoms with Gasteiger partial charge in [0.1, 0.15) is 0 Å². The number of imidazole rings is 1. The molecule has 0 amide bonds. The second-order valence-electron chi connectivity index (χ2n) is 8.91. The Hall–Kier alpha value is -1.89. The lowest BCUT2D eigenvalue weighted by Crippen LogP contribution is -2.39. The van der Waals surface area contributed by atoms with Crippen molar-refractivity contribution in [3.8, 4) is 0 Å². The number of unbranched alkanes of at least 4 members (excludes halogenated alkanes) is 8. The van der Waals surface area contributed by atoms with Crippen LogP contribution in [0, 0.1) is 0 Å². The summed E-state index contributed by atoms with van der Waals surface area (Å²) in [6, 6.07) is 0. The van der Waals surface area contributed by atoms with Crippen LogP contribution in [0.3, 0.4) is 0 Å². The molecule has 1 saturated heterocycles. The third kappa shape index (κ3) is 5.84. The number of rotatable bonds is 12.